The fourth-order valence-electron chi connectivity index (χ4n) is 2.31. The molecular weight excluding hydrogens is 374 g/mol. The van der Waals surface area contributed by atoms with Gasteiger partial charge in [0, 0.05) is 11.8 Å². The summed E-state index contributed by atoms with van der Waals surface area (Å²) < 4.78 is 15.3. The number of nitro groups is 1. The van der Waals surface area contributed by atoms with Crippen molar-refractivity contribution in [2.45, 2.75) is 0 Å². The molecule has 0 fully saturated rings. The SMILES string of the molecule is COc1ccc(NC(=S)NC(=O)c2c(OC)cccc2OC)cc1[N+](=O)[O-]. The molecule has 0 aromatic heterocycles. The minimum atomic E-state index is -0.578. The summed E-state index contributed by atoms with van der Waals surface area (Å²) in [6.07, 6.45) is 0. The fraction of sp³-hybridized carbons (Fsp3) is 0.176. The van der Waals surface area contributed by atoms with E-state index in [9.17, 15) is 14.9 Å². The first-order valence-electron chi connectivity index (χ1n) is 7.57. The quantitative estimate of drug-likeness (QED) is 0.439. The summed E-state index contributed by atoms with van der Waals surface area (Å²) in [7, 11) is 4.19. The molecule has 9 nitrogen and oxygen atoms in total. The molecule has 27 heavy (non-hydrogen) atoms. The Morgan fingerprint density at radius 3 is 2.15 bits per heavy atom. The summed E-state index contributed by atoms with van der Waals surface area (Å²) >= 11 is 5.12. The Bertz CT molecular complexity index is 865. The predicted molar refractivity (Wildman–Crippen MR) is 103 cm³/mol. The summed E-state index contributed by atoms with van der Waals surface area (Å²) in [5, 5.41) is 16.3. The molecule has 0 aliphatic heterocycles. The zero-order valence-electron chi connectivity index (χ0n) is 14.8. The van der Waals surface area contributed by atoms with E-state index in [2.05, 4.69) is 10.6 Å². The van der Waals surface area contributed by atoms with Crippen molar-refractivity contribution in [3.05, 3.63) is 52.1 Å². The lowest BCUT2D eigenvalue weighted by Gasteiger charge is -2.14. The molecule has 142 valence electrons. The van der Waals surface area contributed by atoms with Crippen LogP contribution in [0.1, 0.15) is 10.4 Å². The third-order valence-corrected chi connectivity index (χ3v) is 3.72. The third kappa shape index (κ3) is 4.61. The van der Waals surface area contributed by atoms with Gasteiger partial charge >= 0.3 is 5.69 Å². The van der Waals surface area contributed by atoms with Gasteiger partial charge < -0.3 is 19.5 Å². The molecule has 0 aliphatic carbocycles. The maximum Gasteiger partial charge on any atom is 0.312 e. The molecule has 2 rings (SSSR count). The van der Waals surface area contributed by atoms with E-state index >= 15 is 0 Å². The zero-order chi connectivity index (χ0) is 20.0. The number of rotatable bonds is 6. The van der Waals surface area contributed by atoms with E-state index in [0.29, 0.717) is 17.2 Å². The zero-order valence-corrected chi connectivity index (χ0v) is 15.6. The van der Waals surface area contributed by atoms with Crippen LogP contribution >= 0.6 is 12.2 Å². The lowest BCUT2D eigenvalue weighted by atomic mass is 10.1. The molecule has 0 saturated carbocycles. The van der Waals surface area contributed by atoms with E-state index in [-0.39, 0.29) is 22.1 Å². The number of methoxy groups -OCH3 is 3. The highest BCUT2D eigenvalue weighted by molar-refractivity contribution is 7.80. The van der Waals surface area contributed by atoms with Crippen LogP contribution in [0.15, 0.2) is 36.4 Å². The molecule has 0 saturated heterocycles. The molecule has 0 unspecified atom stereocenters. The van der Waals surface area contributed by atoms with Crippen molar-refractivity contribution in [1.29, 1.82) is 0 Å². The lowest BCUT2D eigenvalue weighted by Crippen LogP contribution is -2.34. The van der Waals surface area contributed by atoms with Gasteiger partial charge in [0.25, 0.3) is 5.91 Å². The topological polar surface area (TPSA) is 112 Å². The number of nitro benzene ring substituents is 1. The minimum Gasteiger partial charge on any atom is -0.496 e. The molecular formula is C17H17N3O6S. The second-order valence-corrected chi connectivity index (χ2v) is 5.50. The van der Waals surface area contributed by atoms with Crippen LogP contribution < -0.4 is 24.8 Å². The van der Waals surface area contributed by atoms with E-state index in [1.54, 1.807) is 18.2 Å². The number of carbonyl (C=O) groups excluding carboxylic acids is 1. The first-order chi connectivity index (χ1) is 12.9. The Hall–Kier alpha value is -3.40. The van der Waals surface area contributed by atoms with E-state index < -0.39 is 10.8 Å². The van der Waals surface area contributed by atoms with Gasteiger partial charge in [0.05, 0.1) is 26.3 Å². The monoisotopic (exact) mass is 391 g/mol. The highest BCUT2D eigenvalue weighted by Gasteiger charge is 2.20. The van der Waals surface area contributed by atoms with Crippen LogP contribution in [0.3, 0.4) is 0 Å². The first kappa shape index (κ1) is 19.9. The summed E-state index contributed by atoms with van der Waals surface area (Å²) in [6, 6.07) is 9.12. The molecule has 2 aromatic carbocycles. The molecule has 2 N–H and O–H groups in total. The van der Waals surface area contributed by atoms with Crippen LogP contribution in [0.4, 0.5) is 11.4 Å². The number of amides is 1. The summed E-state index contributed by atoms with van der Waals surface area (Å²) in [5.74, 6) is 0.188. The molecule has 1 amide bonds. The molecule has 0 bridgehead atoms. The molecule has 10 heteroatoms. The van der Waals surface area contributed by atoms with Crippen molar-refractivity contribution in [1.82, 2.24) is 5.32 Å². The van der Waals surface area contributed by atoms with E-state index in [4.69, 9.17) is 26.4 Å². The van der Waals surface area contributed by atoms with Gasteiger partial charge in [-0.2, -0.15) is 0 Å². The average molecular weight is 391 g/mol. The van der Waals surface area contributed by atoms with Gasteiger partial charge in [-0.3, -0.25) is 20.2 Å². The Morgan fingerprint density at radius 1 is 1.04 bits per heavy atom. The first-order valence-corrected chi connectivity index (χ1v) is 7.97. The fourth-order valence-corrected chi connectivity index (χ4v) is 2.52. The Labute approximate surface area is 160 Å². The van der Waals surface area contributed by atoms with Gasteiger partial charge in [0.15, 0.2) is 10.9 Å². The largest absolute Gasteiger partial charge is 0.496 e. The van der Waals surface area contributed by atoms with Crippen molar-refractivity contribution >= 4 is 34.6 Å². The van der Waals surface area contributed by atoms with E-state index in [1.807, 2.05) is 0 Å². The summed E-state index contributed by atoms with van der Waals surface area (Å²) in [5.41, 5.74) is 0.259. The maximum atomic E-state index is 12.6. The van der Waals surface area contributed by atoms with Crippen LogP contribution in [-0.2, 0) is 0 Å². The number of benzene rings is 2. The van der Waals surface area contributed by atoms with Gasteiger partial charge in [-0.15, -0.1) is 0 Å². The Morgan fingerprint density at radius 2 is 1.63 bits per heavy atom. The lowest BCUT2D eigenvalue weighted by molar-refractivity contribution is -0.385. The summed E-state index contributed by atoms with van der Waals surface area (Å²) in [4.78, 5) is 23.1. The van der Waals surface area contributed by atoms with Crippen LogP contribution in [0, 0.1) is 10.1 Å². The number of carbonyl (C=O) groups is 1. The van der Waals surface area contributed by atoms with Crippen LogP contribution in [-0.4, -0.2) is 37.3 Å². The van der Waals surface area contributed by atoms with Gasteiger partial charge in [-0.25, -0.2) is 0 Å². The highest BCUT2D eigenvalue weighted by atomic mass is 32.1. The standard InChI is InChI=1S/C17H17N3O6S/c1-24-12-8-7-10(9-11(12)20(22)23)18-17(27)19-16(21)15-13(25-2)5-4-6-14(15)26-3/h4-9H,1-3H3,(H2,18,19,21,27). The smallest absolute Gasteiger partial charge is 0.312 e. The molecule has 0 atom stereocenters. The maximum absolute atomic E-state index is 12.6. The number of hydrogen-bond acceptors (Lipinski definition) is 7. The van der Waals surface area contributed by atoms with Crippen molar-refractivity contribution in [3.63, 3.8) is 0 Å². The molecule has 0 radical (unpaired) electrons. The van der Waals surface area contributed by atoms with E-state index in [0.717, 1.165) is 0 Å². The average Bonchev–Trinajstić information content (AvgIpc) is 2.66. The highest BCUT2D eigenvalue weighted by Crippen LogP contribution is 2.30. The number of nitrogens with one attached hydrogen (secondary N) is 2. The molecule has 0 heterocycles. The normalized spacial score (nSPS) is 9.89. The second-order valence-electron chi connectivity index (χ2n) is 5.09. The van der Waals surface area contributed by atoms with Crippen molar-refractivity contribution < 1.29 is 23.9 Å². The van der Waals surface area contributed by atoms with Crippen molar-refractivity contribution in [3.8, 4) is 17.2 Å². The second kappa shape index (κ2) is 8.81. The Kier molecular flexibility index (Phi) is 6.50. The Balaban J connectivity index is 2.18. The third-order valence-electron chi connectivity index (χ3n) is 3.52. The van der Waals surface area contributed by atoms with E-state index in [1.165, 1.54) is 39.5 Å². The number of ether oxygens (including phenoxy) is 3. The number of nitrogens with zero attached hydrogens (tertiary/aromatic N) is 1. The predicted octanol–water partition coefficient (Wildman–Crippen LogP) is 2.75. The van der Waals surface area contributed by atoms with Crippen LogP contribution in [0.2, 0.25) is 0 Å². The molecule has 0 spiro atoms. The van der Waals surface area contributed by atoms with Gasteiger partial charge in [0.1, 0.15) is 17.1 Å². The summed E-state index contributed by atoms with van der Waals surface area (Å²) in [6.45, 7) is 0. The van der Waals surface area contributed by atoms with Crippen molar-refractivity contribution in [2.75, 3.05) is 26.6 Å². The minimum absolute atomic E-state index is 0.0487. The molecule has 2 aromatic rings. The van der Waals surface area contributed by atoms with Crippen LogP contribution in [0.25, 0.3) is 0 Å². The number of thiocarbonyl (C=S) groups is 1. The van der Waals surface area contributed by atoms with Crippen LogP contribution in [0.5, 0.6) is 17.2 Å². The number of anilines is 1. The van der Waals surface area contributed by atoms with Gasteiger partial charge in [-0.05, 0) is 36.5 Å². The van der Waals surface area contributed by atoms with Gasteiger partial charge in [0.2, 0.25) is 0 Å². The van der Waals surface area contributed by atoms with Gasteiger partial charge in [-0.1, -0.05) is 6.07 Å². The van der Waals surface area contributed by atoms with Crippen molar-refractivity contribution in [2.24, 2.45) is 0 Å². The number of hydrogen-bond donors (Lipinski definition) is 2. The molecule has 0 aliphatic rings.